The van der Waals surface area contributed by atoms with E-state index in [2.05, 4.69) is 4.98 Å². The summed E-state index contributed by atoms with van der Waals surface area (Å²) in [5.41, 5.74) is 6.52. The number of amides is 1. The minimum Gasteiger partial charge on any atom is -0.428 e. The number of aromatic amines is 1. The highest BCUT2D eigenvalue weighted by atomic mass is 32.2. The van der Waals surface area contributed by atoms with Gasteiger partial charge in [-0.1, -0.05) is 0 Å². The Morgan fingerprint density at radius 3 is 2.42 bits per heavy atom. The van der Waals surface area contributed by atoms with Crippen molar-refractivity contribution < 1.29 is 27.5 Å². The average Bonchev–Trinajstić information content (AvgIpc) is 3.09. The van der Waals surface area contributed by atoms with Crippen molar-refractivity contribution in [2.75, 3.05) is 18.8 Å². The number of ether oxygens (including phenoxy) is 2. The fourth-order valence-corrected chi connectivity index (χ4v) is 4.94. The fraction of sp³-hybridized carbons (Fsp3) is 0.524. The van der Waals surface area contributed by atoms with Crippen LogP contribution in [0.4, 0.5) is 4.79 Å². The molecular formula is C21H29N3O6S. The molecule has 1 aromatic carbocycles. The van der Waals surface area contributed by atoms with Crippen LogP contribution in [0, 0.1) is 0 Å². The molecule has 0 bridgehead atoms. The second-order valence-corrected chi connectivity index (χ2v) is 10.9. The molecule has 1 aliphatic rings. The summed E-state index contributed by atoms with van der Waals surface area (Å²) in [5, 5.41) is 0.714. The fourth-order valence-electron chi connectivity index (χ4n) is 3.81. The second kappa shape index (κ2) is 8.51. The number of benzene rings is 1. The number of carbonyl (C=O) groups is 2. The van der Waals surface area contributed by atoms with Crippen LogP contribution in [-0.4, -0.2) is 54.2 Å². The summed E-state index contributed by atoms with van der Waals surface area (Å²) in [4.78, 5) is 27.2. The predicted molar refractivity (Wildman–Crippen MR) is 117 cm³/mol. The van der Waals surface area contributed by atoms with Gasteiger partial charge in [-0.25, -0.2) is 17.5 Å². The van der Waals surface area contributed by atoms with Gasteiger partial charge in [-0.3, -0.25) is 4.79 Å². The van der Waals surface area contributed by atoms with Crippen molar-refractivity contribution in [2.24, 2.45) is 5.73 Å². The Kier molecular flexibility index (Phi) is 6.33. The maximum Gasteiger partial charge on any atom is 0.514 e. The van der Waals surface area contributed by atoms with Crippen molar-refractivity contribution >= 4 is 33.0 Å². The van der Waals surface area contributed by atoms with Crippen LogP contribution >= 0.6 is 0 Å². The first kappa shape index (κ1) is 23.1. The highest BCUT2D eigenvalue weighted by Gasteiger charge is 2.29. The molecule has 2 heterocycles. The van der Waals surface area contributed by atoms with Gasteiger partial charge in [0.05, 0.1) is 16.8 Å². The summed E-state index contributed by atoms with van der Waals surface area (Å²) in [6.07, 6.45) is 2.23. The summed E-state index contributed by atoms with van der Waals surface area (Å²) < 4.78 is 36.3. The molecule has 1 saturated heterocycles. The van der Waals surface area contributed by atoms with Gasteiger partial charge in [-0.05, 0) is 64.2 Å². The summed E-state index contributed by atoms with van der Waals surface area (Å²) >= 11 is 0. The number of carbonyl (C=O) groups excluding carboxylic acids is 2. The molecule has 0 atom stereocenters. The lowest BCUT2D eigenvalue weighted by atomic mass is 9.89. The van der Waals surface area contributed by atoms with Crippen molar-refractivity contribution in [2.45, 2.75) is 52.1 Å². The zero-order chi connectivity index (χ0) is 23.0. The molecule has 1 amide bonds. The molecular weight excluding hydrogens is 422 g/mol. The molecule has 0 radical (unpaired) electrons. The van der Waals surface area contributed by atoms with Gasteiger partial charge in [-0.15, -0.1) is 0 Å². The van der Waals surface area contributed by atoms with E-state index in [-0.39, 0.29) is 23.0 Å². The quantitative estimate of drug-likeness (QED) is 0.530. The minimum atomic E-state index is -3.22. The van der Waals surface area contributed by atoms with E-state index in [9.17, 15) is 18.0 Å². The number of nitrogens with one attached hydrogen (secondary N) is 1. The first-order valence-corrected chi connectivity index (χ1v) is 11.9. The van der Waals surface area contributed by atoms with Gasteiger partial charge >= 0.3 is 6.16 Å². The highest BCUT2D eigenvalue weighted by Crippen LogP contribution is 2.37. The van der Waals surface area contributed by atoms with E-state index in [4.69, 9.17) is 15.2 Å². The van der Waals surface area contributed by atoms with Crippen LogP contribution in [0.2, 0.25) is 0 Å². The van der Waals surface area contributed by atoms with E-state index < -0.39 is 27.7 Å². The summed E-state index contributed by atoms with van der Waals surface area (Å²) in [6.45, 7) is 7.68. The van der Waals surface area contributed by atoms with Crippen LogP contribution in [0.5, 0.6) is 5.75 Å². The average molecular weight is 452 g/mol. The molecule has 2 aromatic rings. The lowest BCUT2D eigenvalue weighted by Crippen LogP contribution is -2.38. The number of nitrogens with zero attached hydrogens (tertiary/aromatic N) is 1. The molecule has 10 heteroatoms. The van der Waals surface area contributed by atoms with E-state index in [0.717, 1.165) is 5.56 Å². The van der Waals surface area contributed by atoms with Gasteiger partial charge < -0.3 is 20.2 Å². The standard InChI is InChI=1S/C21H29N3O6S/c1-5-31(27,28)24-8-6-13(7-9-24)17-12-23-18-15(17)10-14(11-16(18)19(22)25)29-20(26)30-21(2,3)4/h10-13,23H,5-9H2,1-4H3,(H2,22,25). The SMILES string of the molecule is CCS(=O)(=O)N1CCC(c2c[nH]c3c(C(N)=O)cc(OC(=O)OC(C)(C)C)cc23)CC1. The summed E-state index contributed by atoms with van der Waals surface area (Å²) in [6, 6.07) is 3.08. The van der Waals surface area contributed by atoms with E-state index in [0.29, 0.717) is 36.8 Å². The third kappa shape index (κ3) is 5.19. The van der Waals surface area contributed by atoms with Crippen LogP contribution < -0.4 is 10.5 Å². The molecule has 0 unspecified atom stereocenters. The van der Waals surface area contributed by atoms with Gasteiger partial charge in [0.15, 0.2) is 0 Å². The van der Waals surface area contributed by atoms with Crippen molar-refractivity contribution in [3.8, 4) is 5.75 Å². The minimum absolute atomic E-state index is 0.0814. The van der Waals surface area contributed by atoms with Gasteiger partial charge in [0.2, 0.25) is 10.0 Å². The highest BCUT2D eigenvalue weighted by molar-refractivity contribution is 7.89. The molecule has 1 aromatic heterocycles. The molecule has 3 rings (SSSR count). The molecule has 3 N–H and O–H groups in total. The van der Waals surface area contributed by atoms with Gasteiger partial charge in [-0.2, -0.15) is 0 Å². The third-order valence-corrected chi connectivity index (χ3v) is 7.18. The Balaban J connectivity index is 1.91. The number of aromatic nitrogens is 1. The Morgan fingerprint density at radius 2 is 1.87 bits per heavy atom. The molecule has 170 valence electrons. The van der Waals surface area contributed by atoms with Crippen LogP contribution in [0.15, 0.2) is 18.3 Å². The number of fused-ring (bicyclic) bond motifs is 1. The van der Waals surface area contributed by atoms with Gasteiger partial charge in [0.1, 0.15) is 11.4 Å². The Hall–Kier alpha value is -2.59. The zero-order valence-electron chi connectivity index (χ0n) is 18.2. The maximum atomic E-state index is 12.1. The summed E-state index contributed by atoms with van der Waals surface area (Å²) in [5.74, 6) is -0.327. The Bertz CT molecular complexity index is 1090. The number of hydrogen-bond acceptors (Lipinski definition) is 6. The molecule has 0 spiro atoms. The zero-order valence-corrected chi connectivity index (χ0v) is 19.0. The molecule has 0 aliphatic carbocycles. The largest absolute Gasteiger partial charge is 0.514 e. The molecule has 31 heavy (non-hydrogen) atoms. The molecule has 9 nitrogen and oxygen atoms in total. The summed E-state index contributed by atoms with van der Waals surface area (Å²) in [7, 11) is -3.22. The first-order valence-electron chi connectivity index (χ1n) is 10.2. The van der Waals surface area contributed by atoms with E-state index in [1.165, 1.54) is 10.4 Å². The van der Waals surface area contributed by atoms with E-state index >= 15 is 0 Å². The number of sulfonamides is 1. The molecule has 1 aliphatic heterocycles. The number of H-pyrrole nitrogens is 1. The van der Waals surface area contributed by atoms with Crippen LogP contribution in [0.25, 0.3) is 10.9 Å². The van der Waals surface area contributed by atoms with Crippen LogP contribution in [0.3, 0.4) is 0 Å². The molecule has 0 saturated carbocycles. The van der Waals surface area contributed by atoms with Crippen molar-refractivity contribution in [1.82, 2.24) is 9.29 Å². The third-order valence-electron chi connectivity index (χ3n) is 5.30. The number of hydrogen-bond donors (Lipinski definition) is 2. The topological polar surface area (TPSA) is 132 Å². The van der Waals surface area contributed by atoms with Crippen LogP contribution in [0.1, 0.15) is 62.4 Å². The predicted octanol–water partition coefficient (Wildman–Crippen LogP) is 3.11. The second-order valence-electron chi connectivity index (χ2n) is 8.64. The smallest absolute Gasteiger partial charge is 0.428 e. The van der Waals surface area contributed by atoms with Crippen molar-refractivity contribution in [1.29, 1.82) is 0 Å². The Morgan fingerprint density at radius 1 is 1.23 bits per heavy atom. The lowest BCUT2D eigenvalue weighted by molar-refractivity contribution is 0.0206. The van der Waals surface area contributed by atoms with Crippen molar-refractivity contribution in [3.05, 3.63) is 29.5 Å². The number of nitrogens with two attached hydrogens (primary N) is 1. The Labute approximate surface area is 181 Å². The van der Waals surface area contributed by atoms with E-state index in [1.807, 2.05) is 6.20 Å². The lowest BCUT2D eigenvalue weighted by Gasteiger charge is -2.30. The van der Waals surface area contributed by atoms with Gasteiger partial charge in [0, 0.05) is 24.7 Å². The normalized spacial score (nSPS) is 16.4. The monoisotopic (exact) mass is 451 g/mol. The van der Waals surface area contributed by atoms with E-state index in [1.54, 1.807) is 33.8 Å². The number of primary amides is 1. The maximum absolute atomic E-state index is 12.1. The first-order chi connectivity index (χ1) is 14.4. The number of rotatable bonds is 5. The van der Waals surface area contributed by atoms with Crippen molar-refractivity contribution in [3.63, 3.8) is 0 Å². The molecule has 1 fully saturated rings. The van der Waals surface area contributed by atoms with Crippen LogP contribution in [-0.2, 0) is 14.8 Å². The number of piperidine rings is 1. The van der Waals surface area contributed by atoms with Gasteiger partial charge in [0.25, 0.3) is 5.91 Å².